The first-order valence-electron chi connectivity index (χ1n) is 9.56. The maximum absolute atomic E-state index is 12.9. The highest BCUT2D eigenvalue weighted by Crippen LogP contribution is 2.20. The van der Waals surface area contributed by atoms with Crippen molar-refractivity contribution >= 4 is 11.8 Å². The van der Waals surface area contributed by atoms with E-state index < -0.39 is 0 Å². The molecular formula is C20H29N3O3. The minimum atomic E-state index is -0.0466. The molecule has 2 heterocycles. The van der Waals surface area contributed by atoms with E-state index in [1.807, 2.05) is 29.2 Å². The zero-order valence-corrected chi connectivity index (χ0v) is 15.8. The van der Waals surface area contributed by atoms with Gasteiger partial charge in [0, 0.05) is 19.6 Å². The van der Waals surface area contributed by atoms with Crippen molar-refractivity contribution in [2.24, 2.45) is 0 Å². The van der Waals surface area contributed by atoms with Gasteiger partial charge in [0.2, 0.25) is 11.8 Å². The lowest BCUT2D eigenvalue weighted by Gasteiger charge is -2.40. The number of piperidine rings is 1. The molecule has 1 unspecified atom stereocenters. The van der Waals surface area contributed by atoms with Crippen LogP contribution in [0.1, 0.15) is 31.7 Å². The van der Waals surface area contributed by atoms with Gasteiger partial charge in [0.15, 0.2) is 0 Å². The molecule has 0 spiro atoms. The Hall–Kier alpha value is -2.08. The summed E-state index contributed by atoms with van der Waals surface area (Å²) in [7, 11) is 1.64. The van der Waals surface area contributed by atoms with Gasteiger partial charge in [-0.05, 0) is 43.6 Å². The lowest BCUT2D eigenvalue weighted by molar-refractivity contribution is -0.149. The number of hydrogen-bond acceptors (Lipinski definition) is 4. The summed E-state index contributed by atoms with van der Waals surface area (Å²) in [5, 5.41) is 0. The van der Waals surface area contributed by atoms with Crippen LogP contribution >= 0.6 is 0 Å². The number of carbonyl (C=O) groups excluding carboxylic acids is 2. The molecule has 2 aliphatic rings. The summed E-state index contributed by atoms with van der Waals surface area (Å²) in [6.45, 7) is 5.96. The fourth-order valence-electron chi connectivity index (χ4n) is 3.88. The molecule has 1 aromatic carbocycles. The average molecular weight is 359 g/mol. The molecule has 0 bridgehead atoms. The van der Waals surface area contributed by atoms with Crippen molar-refractivity contribution in [2.75, 3.05) is 39.8 Å². The fourth-order valence-corrected chi connectivity index (χ4v) is 3.88. The van der Waals surface area contributed by atoms with Crippen LogP contribution in [0.4, 0.5) is 0 Å². The monoisotopic (exact) mass is 359 g/mol. The molecule has 2 amide bonds. The number of benzene rings is 1. The summed E-state index contributed by atoms with van der Waals surface area (Å²) in [4.78, 5) is 31.3. The van der Waals surface area contributed by atoms with Crippen molar-refractivity contribution in [3.05, 3.63) is 29.8 Å². The normalized spacial score (nSPS) is 21.8. The van der Waals surface area contributed by atoms with Gasteiger partial charge in [-0.3, -0.25) is 14.5 Å². The number of rotatable bonds is 5. The number of hydrogen-bond donors (Lipinski definition) is 0. The second-order valence-electron chi connectivity index (χ2n) is 7.06. The number of carbonyl (C=O) groups is 2. The van der Waals surface area contributed by atoms with Gasteiger partial charge in [0.25, 0.3) is 0 Å². The van der Waals surface area contributed by atoms with Gasteiger partial charge in [0.05, 0.1) is 19.7 Å². The number of amides is 2. The third-order valence-electron chi connectivity index (χ3n) is 5.47. The summed E-state index contributed by atoms with van der Waals surface area (Å²) < 4.78 is 5.17. The van der Waals surface area contributed by atoms with E-state index in [1.165, 1.54) is 0 Å². The van der Waals surface area contributed by atoms with E-state index >= 15 is 0 Å². The second-order valence-corrected chi connectivity index (χ2v) is 7.06. The highest BCUT2D eigenvalue weighted by atomic mass is 16.5. The Labute approximate surface area is 155 Å². The molecule has 0 N–H and O–H groups in total. The Morgan fingerprint density at radius 2 is 1.92 bits per heavy atom. The van der Waals surface area contributed by atoms with Crippen molar-refractivity contribution in [1.82, 2.24) is 14.7 Å². The van der Waals surface area contributed by atoms with Gasteiger partial charge in [-0.15, -0.1) is 0 Å². The minimum absolute atomic E-state index is 0.0271. The van der Waals surface area contributed by atoms with E-state index in [9.17, 15) is 9.59 Å². The molecule has 0 aliphatic carbocycles. The highest BCUT2D eigenvalue weighted by Gasteiger charge is 2.34. The predicted molar refractivity (Wildman–Crippen MR) is 99.9 cm³/mol. The molecule has 3 rings (SSSR count). The first-order chi connectivity index (χ1) is 12.6. The highest BCUT2D eigenvalue weighted by molar-refractivity contribution is 5.88. The first-order valence-corrected chi connectivity index (χ1v) is 9.56. The summed E-state index contributed by atoms with van der Waals surface area (Å²) in [6, 6.07) is 7.72. The van der Waals surface area contributed by atoms with Gasteiger partial charge in [-0.25, -0.2) is 0 Å². The van der Waals surface area contributed by atoms with Gasteiger partial charge in [-0.2, -0.15) is 0 Å². The van der Waals surface area contributed by atoms with E-state index in [-0.39, 0.29) is 24.4 Å². The molecule has 26 heavy (non-hydrogen) atoms. The third kappa shape index (κ3) is 4.18. The Balaban J connectivity index is 1.57. The molecule has 6 nitrogen and oxygen atoms in total. The van der Waals surface area contributed by atoms with E-state index in [2.05, 4.69) is 11.8 Å². The molecule has 6 heteroatoms. The molecule has 0 saturated carbocycles. The van der Waals surface area contributed by atoms with Gasteiger partial charge >= 0.3 is 0 Å². The van der Waals surface area contributed by atoms with Crippen molar-refractivity contribution in [3.63, 3.8) is 0 Å². The molecule has 2 fully saturated rings. The maximum atomic E-state index is 12.9. The van der Waals surface area contributed by atoms with Crippen molar-refractivity contribution in [2.45, 2.75) is 38.8 Å². The molecule has 1 atom stereocenters. The molecule has 2 saturated heterocycles. The summed E-state index contributed by atoms with van der Waals surface area (Å²) in [5.41, 5.74) is 1.07. The van der Waals surface area contributed by atoms with Gasteiger partial charge in [-0.1, -0.05) is 25.5 Å². The summed E-state index contributed by atoms with van der Waals surface area (Å²) >= 11 is 0. The minimum Gasteiger partial charge on any atom is -0.497 e. The van der Waals surface area contributed by atoms with E-state index in [0.717, 1.165) is 43.7 Å². The quantitative estimate of drug-likeness (QED) is 0.804. The standard InChI is InChI=1S/C20H29N3O3/c1-3-21-11-5-4-6-18(21)20(25)23-13-12-22(19(24)15-23)14-16-7-9-17(26-2)10-8-16/h7-10,18H,3-6,11-15H2,1-2H3. The predicted octanol–water partition coefficient (Wildman–Crippen LogP) is 1.74. The SMILES string of the molecule is CCN1CCCCC1C(=O)N1CCN(Cc2ccc(OC)cc2)C(=O)C1. The second kappa shape index (κ2) is 8.54. The molecule has 142 valence electrons. The van der Waals surface area contributed by atoms with Crippen LogP contribution in [0.3, 0.4) is 0 Å². The molecular weight excluding hydrogens is 330 g/mol. The molecule has 2 aliphatic heterocycles. The van der Waals surface area contributed by atoms with Crippen molar-refractivity contribution in [1.29, 1.82) is 0 Å². The molecule has 1 aromatic rings. The largest absolute Gasteiger partial charge is 0.497 e. The number of piperazine rings is 1. The number of ether oxygens (including phenoxy) is 1. The van der Waals surface area contributed by atoms with Crippen LogP contribution in [0.5, 0.6) is 5.75 Å². The van der Waals surface area contributed by atoms with Crippen LogP contribution in [0.15, 0.2) is 24.3 Å². The summed E-state index contributed by atoms with van der Waals surface area (Å²) in [5.74, 6) is 0.965. The maximum Gasteiger partial charge on any atom is 0.242 e. The van der Waals surface area contributed by atoms with Gasteiger partial charge in [0.1, 0.15) is 5.75 Å². The van der Waals surface area contributed by atoms with Crippen LogP contribution < -0.4 is 4.74 Å². The third-order valence-corrected chi connectivity index (χ3v) is 5.47. The van der Waals surface area contributed by atoms with Crippen molar-refractivity contribution in [3.8, 4) is 5.75 Å². The zero-order valence-electron chi connectivity index (χ0n) is 15.8. The van der Waals surface area contributed by atoms with Crippen LogP contribution in [0.2, 0.25) is 0 Å². The van der Waals surface area contributed by atoms with Crippen molar-refractivity contribution < 1.29 is 14.3 Å². The van der Waals surface area contributed by atoms with Crippen LogP contribution in [0.25, 0.3) is 0 Å². The first kappa shape index (κ1) is 18.7. The molecule has 0 radical (unpaired) electrons. The number of methoxy groups -OCH3 is 1. The van der Waals surface area contributed by atoms with Gasteiger partial charge < -0.3 is 14.5 Å². The van der Waals surface area contributed by atoms with E-state index in [4.69, 9.17) is 4.74 Å². The zero-order chi connectivity index (χ0) is 18.5. The molecule has 0 aromatic heterocycles. The lowest BCUT2D eigenvalue weighted by atomic mass is 10.0. The Kier molecular flexibility index (Phi) is 6.14. The average Bonchev–Trinajstić information content (AvgIpc) is 2.69. The van der Waals surface area contributed by atoms with Crippen LogP contribution in [-0.2, 0) is 16.1 Å². The number of likely N-dealkylation sites (tertiary alicyclic amines) is 1. The Bertz CT molecular complexity index is 632. The topological polar surface area (TPSA) is 53.1 Å². The summed E-state index contributed by atoms with van der Waals surface area (Å²) in [6.07, 6.45) is 3.16. The fraction of sp³-hybridized carbons (Fsp3) is 0.600. The van der Waals surface area contributed by atoms with E-state index in [0.29, 0.717) is 19.6 Å². The lowest BCUT2D eigenvalue weighted by Crippen LogP contribution is -2.57. The number of nitrogens with zero attached hydrogens (tertiary/aromatic N) is 3. The smallest absolute Gasteiger partial charge is 0.242 e. The number of likely N-dealkylation sites (N-methyl/N-ethyl adjacent to an activating group) is 1. The Morgan fingerprint density at radius 1 is 1.15 bits per heavy atom. The van der Waals surface area contributed by atoms with Crippen LogP contribution in [-0.4, -0.2) is 72.4 Å². The van der Waals surface area contributed by atoms with E-state index in [1.54, 1.807) is 12.0 Å². The van der Waals surface area contributed by atoms with Crippen LogP contribution in [0, 0.1) is 0 Å². The Morgan fingerprint density at radius 3 is 2.58 bits per heavy atom.